The van der Waals surface area contributed by atoms with Gasteiger partial charge in [0.05, 0.1) is 11.9 Å². The molecule has 1 heterocycles. The smallest absolute Gasteiger partial charge is 0.268 e. The zero-order valence-electron chi connectivity index (χ0n) is 28.7. The number of benzene rings is 4. The van der Waals surface area contributed by atoms with Gasteiger partial charge in [-0.05, 0) is 99.8 Å². The monoisotopic (exact) mass is 695 g/mol. The maximum Gasteiger partial charge on any atom is 0.268 e. The Morgan fingerprint density at radius 1 is 0.898 bits per heavy atom. The first-order valence-corrected chi connectivity index (χ1v) is 17.8. The van der Waals surface area contributed by atoms with Crippen LogP contribution < -0.4 is 18.9 Å². The van der Waals surface area contributed by atoms with Crippen LogP contribution in [0.3, 0.4) is 0 Å². The van der Waals surface area contributed by atoms with E-state index in [1.165, 1.54) is 12.1 Å². The van der Waals surface area contributed by atoms with Gasteiger partial charge in [0.1, 0.15) is 49.1 Å². The van der Waals surface area contributed by atoms with Crippen molar-refractivity contribution >= 4 is 10.1 Å². The molecule has 1 aliphatic heterocycles. The van der Waals surface area contributed by atoms with Gasteiger partial charge in [-0.2, -0.15) is 8.42 Å². The van der Waals surface area contributed by atoms with E-state index in [4.69, 9.17) is 23.1 Å². The molecular weight excluding hydrogens is 652 g/mol. The van der Waals surface area contributed by atoms with Gasteiger partial charge < -0.3 is 23.8 Å². The highest BCUT2D eigenvalue weighted by Gasteiger charge is 2.20. The van der Waals surface area contributed by atoms with Crippen molar-refractivity contribution in [3.63, 3.8) is 0 Å². The van der Waals surface area contributed by atoms with Crippen molar-refractivity contribution in [3.8, 4) is 34.1 Å². The summed E-state index contributed by atoms with van der Waals surface area (Å²) in [6.07, 6.45) is -0.469. The first-order chi connectivity index (χ1) is 23.3. The van der Waals surface area contributed by atoms with Crippen LogP contribution in [0.1, 0.15) is 48.6 Å². The average molecular weight is 696 g/mol. The van der Waals surface area contributed by atoms with Crippen LogP contribution >= 0.6 is 0 Å². The fourth-order valence-electron chi connectivity index (χ4n) is 5.57. The van der Waals surface area contributed by atoms with Crippen LogP contribution in [0.25, 0.3) is 11.1 Å². The molecule has 0 spiro atoms. The number of fused-ring (bicyclic) bond motifs is 1. The van der Waals surface area contributed by atoms with E-state index in [9.17, 15) is 17.2 Å². The maximum absolute atomic E-state index is 14.5. The minimum Gasteiger partial charge on any atom is -0.488 e. The van der Waals surface area contributed by atoms with Crippen LogP contribution in [0.5, 0.6) is 23.0 Å². The zero-order valence-corrected chi connectivity index (χ0v) is 29.5. The van der Waals surface area contributed by atoms with Crippen molar-refractivity contribution in [3.05, 3.63) is 106 Å². The molecule has 0 saturated heterocycles. The molecule has 4 aromatic rings. The Morgan fingerprint density at radius 3 is 2.41 bits per heavy atom. The Labute approximate surface area is 287 Å². The first-order valence-electron chi connectivity index (χ1n) is 16.2. The predicted octanol–water partition coefficient (Wildman–Crippen LogP) is 7.75. The summed E-state index contributed by atoms with van der Waals surface area (Å²) < 4.78 is 81.9. The molecule has 8 nitrogen and oxygen atoms in total. The Kier molecular flexibility index (Phi) is 11.5. The molecule has 0 N–H and O–H groups in total. The van der Waals surface area contributed by atoms with Gasteiger partial charge in [0, 0.05) is 36.3 Å². The summed E-state index contributed by atoms with van der Waals surface area (Å²) in [5.74, 6) is 0.907. The lowest BCUT2D eigenvalue weighted by atomic mass is 9.96. The molecule has 0 fully saturated rings. The van der Waals surface area contributed by atoms with Crippen LogP contribution in [0.15, 0.2) is 66.7 Å². The molecule has 0 amide bonds. The molecule has 0 bridgehead atoms. The van der Waals surface area contributed by atoms with Gasteiger partial charge in [0.25, 0.3) is 10.1 Å². The molecule has 1 aliphatic rings. The van der Waals surface area contributed by atoms with Gasteiger partial charge in [-0.3, -0.25) is 4.18 Å². The standard InChI is InChI=1S/C38H43F2NO7S/c1-24(2)48-49(42,43)15-14-41(6)20-31-16-25(3)36(19-37(31)46-23-30-10-12-32(39)18-34(30)40)45-22-29-8-7-9-33(27(29)5)28-11-13-35-38(17-28)47-26(4)21-44-35/h7-13,16-19,24,26H,14-15,20-23H2,1-6H3. The van der Waals surface area contributed by atoms with E-state index >= 15 is 0 Å². The summed E-state index contributed by atoms with van der Waals surface area (Å²) in [6.45, 7) is 10.5. The fraction of sp³-hybridized carbons (Fsp3) is 0.368. The highest BCUT2D eigenvalue weighted by molar-refractivity contribution is 7.86. The number of hydrogen-bond donors (Lipinski definition) is 0. The third-order valence-corrected chi connectivity index (χ3v) is 9.50. The van der Waals surface area contributed by atoms with Crippen molar-refractivity contribution in [2.75, 3.05) is 26.0 Å². The lowest BCUT2D eigenvalue weighted by molar-refractivity contribution is 0.104. The van der Waals surface area contributed by atoms with Crippen LogP contribution in [-0.4, -0.2) is 51.5 Å². The average Bonchev–Trinajstić information content (AvgIpc) is 3.03. The van der Waals surface area contributed by atoms with Gasteiger partial charge >= 0.3 is 0 Å². The number of aryl methyl sites for hydroxylation is 1. The largest absolute Gasteiger partial charge is 0.488 e. The molecule has 1 atom stereocenters. The van der Waals surface area contributed by atoms with Gasteiger partial charge in [-0.15, -0.1) is 0 Å². The van der Waals surface area contributed by atoms with Crippen molar-refractivity contribution in [2.24, 2.45) is 0 Å². The Morgan fingerprint density at radius 2 is 1.65 bits per heavy atom. The van der Waals surface area contributed by atoms with Crippen LogP contribution in [0.4, 0.5) is 8.78 Å². The Balaban J connectivity index is 1.36. The summed E-state index contributed by atoms with van der Waals surface area (Å²) in [4.78, 5) is 1.84. The van der Waals surface area contributed by atoms with Crippen molar-refractivity contribution < 1.29 is 40.3 Å². The molecule has 0 saturated carbocycles. The topological polar surface area (TPSA) is 83.5 Å². The molecular formula is C38H43F2NO7S. The number of nitrogens with zero attached hydrogens (tertiary/aromatic N) is 1. The minimum atomic E-state index is -3.69. The highest BCUT2D eigenvalue weighted by atomic mass is 32.2. The van der Waals surface area contributed by atoms with Gasteiger partial charge in [0.15, 0.2) is 11.5 Å². The molecule has 262 valence electrons. The summed E-state index contributed by atoms with van der Waals surface area (Å²) in [5, 5.41) is 0. The number of hydrogen-bond acceptors (Lipinski definition) is 8. The third kappa shape index (κ3) is 9.49. The number of ether oxygens (including phenoxy) is 4. The van der Waals surface area contributed by atoms with E-state index < -0.39 is 27.9 Å². The highest BCUT2D eigenvalue weighted by Crippen LogP contribution is 2.38. The molecule has 49 heavy (non-hydrogen) atoms. The molecule has 4 aromatic carbocycles. The van der Waals surface area contributed by atoms with E-state index in [-0.39, 0.29) is 37.2 Å². The van der Waals surface area contributed by atoms with Crippen LogP contribution in [0.2, 0.25) is 0 Å². The third-order valence-electron chi connectivity index (χ3n) is 8.14. The second kappa shape index (κ2) is 15.6. The van der Waals surface area contributed by atoms with E-state index in [2.05, 4.69) is 13.0 Å². The fourth-order valence-corrected chi connectivity index (χ4v) is 6.79. The van der Waals surface area contributed by atoms with E-state index in [1.807, 2.05) is 55.1 Å². The second-order valence-corrected chi connectivity index (χ2v) is 14.4. The minimum absolute atomic E-state index is 0.0253. The summed E-state index contributed by atoms with van der Waals surface area (Å²) in [7, 11) is -1.89. The Bertz CT molecular complexity index is 1900. The van der Waals surface area contributed by atoms with Crippen molar-refractivity contribution in [2.45, 2.75) is 66.6 Å². The summed E-state index contributed by atoms with van der Waals surface area (Å²) in [5.41, 5.74) is 5.89. The lowest BCUT2D eigenvalue weighted by Gasteiger charge is -2.24. The SMILES string of the molecule is Cc1cc(CN(C)CCS(=O)(=O)OC(C)C)c(OCc2ccc(F)cc2F)cc1OCc1cccc(-c2ccc3c(c2)OC(C)CO3)c1C. The molecule has 0 radical (unpaired) electrons. The van der Waals surface area contributed by atoms with Crippen LogP contribution in [-0.2, 0) is 34.1 Å². The molecule has 1 unspecified atom stereocenters. The molecule has 0 aromatic heterocycles. The second-order valence-electron chi connectivity index (χ2n) is 12.7. The summed E-state index contributed by atoms with van der Waals surface area (Å²) in [6, 6.07) is 19.0. The first kappa shape index (κ1) is 36.1. The molecule has 11 heteroatoms. The van der Waals surface area contributed by atoms with Crippen molar-refractivity contribution in [1.82, 2.24) is 4.90 Å². The van der Waals surface area contributed by atoms with E-state index in [0.29, 0.717) is 24.7 Å². The van der Waals surface area contributed by atoms with Gasteiger partial charge in [0.2, 0.25) is 0 Å². The number of halogens is 2. The quantitative estimate of drug-likeness (QED) is 0.124. The van der Waals surface area contributed by atoms with Gasteiger partial charge in [-0.1, -0.05) is 24.3 Å². The van der Waals surface area contributed by atoms with E-state index in [0.717, 1.165) is 50.9 Å². The summed E-state index contributed by atoms with van der Waals surface area (Å²) >= 11 is 0. The van der Waals surface area contributed by atoms with Gasteiger partial charge in [-0.25, -0.2) is 8.78 Å². The lowest BCUT2D eigenvalue weighted by Crippen LogP contribution is -2.27. The molecule has 5 rings (SSSR count). The van der Waals surface area contributed by atoms with Crippen LogP contribution in [0, 0.1) is 25.5 Å². The predicted molar refractivity (Wildman–Crippen MR) is 185 cm³/mol. The zero-order chi connectivity index (χ0) is 35.3. The molecule has 0 aliphatic carbocycles. The normalized spacial score (nSPS) is 14.4. The maximum atomic E-state index is 14.5. The van der Waals surface area contributed by atoms with E-state index in [1.54, 1.807) is 27.0 Å². The number of rotatable bonds is 14. The van der Waals surface area contributed by atoms with Crippen molar-refractivity contribution in [1.29, 1.82) is 0 Å². The Hall–Kier alpha value is -4.19.